The van der Waals surface area contributed by atoms with Gasteiger partial charge in [-0.15, -0.1) is 0 Å². The van der Waals surface area contributed by atoms with Gasteiger partial charge in [0.15, 0.2) is 10.8 Å². The van der Waals surface area contributed by atoms with Gasteiger partial charge in [0, 0.05) is 0 Å². The van der Waals surface area contributed by atoms with Crippen molar-refractivity contribution in [2.75, 3.05) is 0 Å². The minimum Gasteiger partial charge on any atom is -0.426 e. The molecule has 0 amide bonds. The molecule has 0 spiro atoms. The van der Waals surface area contributed by atoms with Crippen molar-refractivity contribution in [3.8, 4) is 11.5 Å². The highest BCUT2D eigenvalue weighted by atomic mass is 19.4. The number of ether oxygens (including phenoxy) is 2. The van der Waals surface area contributed by atoms with Crippen LogP contribution >= 0.6 is 0 Å². The van der Waals surface area contributed by atoms with Crippen LogP contribution in [0.2, 0.25) is 0 Å². The van der Waals surface area contributed by atoms with Crippen LogP contribution in [-0.4, -0.2) is 24.3 Å². The molecule has 2 aromatic rings. The second kappa shape index (κ2) is 24.6. The Balaban J connectivity index is 0.000000327. The monoisotopic (exact) mass is 853 g/mol. The van der Waals surface area contributed by atoms with Gasteiger partial charge in [-0.25, -0.2) is 0 Å². The van der Waals surface area contributed by atoms with Crippen LogP contribution in [0.15, 0.2) is 48.5 Å². The Bertz CT molecular complexity index is 1520. The van der Waals surface area contributed by atoms with Gasteiger partial charge >= 0.3 is 24.3 Å². The van der Waals surface area contributed by atoms with Crippen LogP contribution in [0.5, 0.6) is 11.5 Å². The Hall–Kier alpha value is -3.04. The van der Waals surface area contributed by atoms with Gasteiger partial charge in [-0.3, -0.25) is 9.59 Å². The third-order valence-electron chi connectivity index (χ3n) is 13.3. The van der Waals surface area contributed by atoms with Crippen LogP contribution in [0.1, 0.15) is 206 Å². The molecule has 10 heteroatoms. The molecule has 2 aliphatic rings. The first-order valence-electron chi connectivity index (χ1n) is 23.1. The number of hydrogen-bond acceptors (Lipinski definition) is 4. The first-order chi connectivity index (χ1) is 28.4. The van der Waals surface area contributed by atoms with E-state index in [0.29, 0.717) is 24.7 Å². The van der Waals surface area contributed by atoms with E-state index in [0.717, 1.165) is 77.6 Å². The third kappa shape index (κ3) is 15.7. The number of alkyl halides is 6. The molecular formula is C50H74F6O4. The molecule has 0 bridgehead atoms. The summed E-state index contributed by atoms with van der Waals surface area (Å²) in [5.41, 5.74) is -2.64. The molecule has 0 heterocycles. The van der Waals surface area contributed by atoms with E-state index in [1.54, 1.807) is 24.3 Å². The lowest BCUT2D eigenvalue weighted by atomic mass is 9.77. The lowest BCUT2D eigenvalue weighted by molar-refractivity contribution is -0.227. The summed E-state index contributed by atoms with van der Waals surface area (Å²) in [4.78, 5) is 24.5. The summed E-state index contributed by atoms with van der Waals surface area (Å²) in [5.74, 6) is 0.506. The standard InChI is InChI=1S/C28H43F3O2.C22H31F3O2/c1-4-6-8-9-11-21-27(3,28(29,30)31)26(32)33-25-19-17-24(18-20-25)23-15-13-22(14-16-23)12-10-7-5-2;1-4-5-6-7-16-8-10-17(11-9-16)18-12-14-19(15-13-18)27-20(26)21(2,3)22(23,24)25/h17-20,22-23H,4-16,21H2,1-3H3;12-17H,4-11H2,1-3H3. The molecule has 0 aliphatic heterocycles. The highest BCUT2D eigenvalue weighted by Gasteiger charge is 2.57. The van der Waals surface area contributed by atoms with Crippen molar-refractivity contribution in [1.29, 1.82) is 0 Å². The maximum Gasteiger partial charge on any atom is 0.404 e. The smallest absolute Gasteiger partial charge is 0.404 e. The minimum absolute atomic E-state index is 0.161. The van der Waals surface area contributed by atoms with E-state index in [9.17, 15) is 35.9 Å². The first kappa shape index (κ1) is 51.3. The van der Waals surface area contributed by atoms with E-state index in [1.807, 2.05) is 24.3 Å². The Morgan fingerprint density at radius 1 is 0.500 bits per heavy atom. The van der Waals surface area contributed by atoms with E-state index in [4.69, 9.17) is 9.47 Å². The second-order valence-corrected chi connectivity index (χ2v) is 18.5. The number of hydrogen-bond donors (Lipinski definition) is 0. The van der Waals surface area contributed by atoms with Crippen LogP contribution in [-0.2, 0) is 9.59 Å². The second-order valence-electron chi connectivity index (χ2n) is 18.5. The lowest BCUT2D eigenvalue weighted by Gasteiger charge is -2.30. The maximum absolute atomic E-state index is 13.8. The zero-order valence-electron chi connectivity index (χ0n) is 37.4. The van der Waals surface area contributed by atoms with Crippen LogP contribution < -0.4 is 9.47 Å². The van der Waals surface area contributed by atoms with Gasteiger partial charge in [-0.2, -0.15) is 26.3 Å². The predicted octanol–water partition coefficient (Wildman–Crippen LogP) is 16.4. The van der Waals surface area contributed by atoms with Crippen LogP contribution in [0.25, 0.3) is 0 Å². The molecule has 2 aliphatic carbocycles. The van der Waals surface area contributed by atoms with Crippen molar-refractivity contribution in [3.63, 3.8) is 0 Å². The van der Waals surface area contributed by atoms with Crippen molar-refractivity contribution in [2.45, 2.75) is 207 Å². The van der Waals surface area contributed by atoms with Crippen molar-refractivity contribution in [3.05, 3.63) is 59.7 Å². The number of halogens is 6. The summed E-state index contributed by atoms with van der Waals surface area (Å²) in [6.45, 7) is 9.16. The largest absolute Gasteiger partial charge is 0.426 e. The Morgan fingerprint density at radius 2 is 0.867 bits per heavy atom. The van der Waals surface area contributed by atoms with E-state index >= 15 is 0 Å². The summed E-state index contributed by atoms with van der Waals surface area (Å²) < 4.78 is 90.3. The minimum atomic E-state index is -4.64. The summed E-state index contributed by atoms with van der Waals surface area (Å²) in [5, 5.41) is 0. The Labute approximate surface area is 357 Å². The summed E-state index contributed by atoms with van der Waals surface area (Å²) >= 11 is 0. The molecule has 0 N–H and O–H groups in total. The van der Waals surface area contributed by atoms with E-state index in [2.05, 4.69) is 20.8 Å². The molecule has 60 heavy (non-hydrogen) atoms. The molecule has 2 saturated carbocycles. The van der Waals surface area contributed by atoms with Crippen molar-refractivity contribution >= 4 is 11.9 Å². The van der Waals surface area contributed by atoms with Gasteiger partial charge in [0.25, 0.3) is 0 Å². The van der Waals surface area contributed by atoms with E-state index in [-0.39, 0.29) is 17.9 Å². The van der Waals surface area contributed by atoms with Gasteiger partial charge in [-0.05, 0) is 138 Å². The molecule has 340 valence electrons. The average Bonchev–Trinajstić information content (AvgIpc) is 3.21. The number of rotatable bonds is 20. The Morgan fingerprint density at radius 3 is 1.23 bits per heavy atom. The van der Waals surface area contributed by atoms with Crippen LogP contribution in [0.4, 0.5) is 26.3 Å². The molecule has 4 rings (SSSR count). The quantitative estimate of drug-likeness (QED) is 0.0576. The molecular weight excluding hydrogens is 779 g/mol. The molecule has 4 nitrogen and oxygen atoms in total. The topological polar surface area (TPSA) is 52.6 Å². The number of benzene rings is 2. The SMILES string of the molecule is CCCCCC1CCC(c2ccc(OC(=O)C(C)(C)C(F)(F)F)cc2)CC1.CCCCCCCC(C)(C(=O)Oc1ccc(C2CCC(CCCCC)CC2)cc1)C(F)(F)F. The number of carbonyl (C=O) groups excluding carboxylic acids is 2. The Kier molecular flexibility index (Phi) is 21.0. The van der Waals surface area contributed by atoms with Crippen molar-refractivity contribution < 1.29 is 45.4 Å². The number of unbranched alkanes of at least 4 members (excludes halogenated alkanes) is 8. The molecule has 2 aromatic carbocycles. The molecule has 0 saturated heterocycles. The summed E-state index contributed by atoms with van der Waals surface area (Å²) in [7, 11) is 0. The highest BCUT2D eigenvalue weighted by molar-refractivity contribution is 5.80. The fraction of sp³-hybridized carbons (Fsp3) is 0.720. The first-order valence-corrected chi connectivity index (χ1v) is 23.1. The third-order valence-corrected chi connectivity index (χ3v) is 13.3. The molecule has 0 radical (unpaired) electrons. The highest BCUT2D eigenvalue weighted by Crippen LogP contribution is 2.45. The zero-order valence-corrected chi connectivity index (χ0v) is 37.4. The van der Waals surface area contributed by atoms with Gasteiger partial charge in [-0.1, -0.05) is 129 Å². The molecule has 0 aromatic heterocycles. The fourth-order valence-electron chi connectivity index (χ4n) is 8.56. The summed E-state index contributed by atoms with van der Waals surface area (Å²) in [6.07, 6.45) is 14.5. The molecule has 2 fully saturated rings. The zero-order chi connectivity index (χ0) is 44.4. The van der Waals surface area contributed by atoms with E-state index < -0.39 is 35.1 Å². The normalized spacial score (nSPS) is 21.0. The van der Waals surface area contributed by atoms with E-state index in [1.165, 1.54) is 88.2 Å². The predicted molar refractivity (Wildman–Crippen MR) is 229 cm³/mol. The van der Waals surface area contributed by atoms with Gasteiger partial charge < -0.3 is 9.47 Å². The molecule has 1 atom stereocenters. The molecule has 1 unspecified atom stereocenters. The van der Waals surface area contributed by atoms with Crippen LogP contribution in [0, 0.1) is 22.7 Å². The average molecular weight is 853 g/mol. The lowest BCUT2D eigenvalue weighted by Crippen LogP contribution is -2.45. The van der Waals surface area contributed by atoms with Crippen molar-refractivity contribution in [1.82, 2.24) is 0 Å². The van der Waals surface area contributed by atoms with Gasteiger partial charge in [0.05, 0.1) is 0 Å². The number of esters is 2. The van der Waals surface area contributed by atoms with Crippen molar-refractivity contribution in [2.24, 2.45) is 22.7 Å². The van der Waals surface area contributed by atoms with Gasteiger partial charge in [0.2, 0.25) is 0 Å². The maximum atomic E-state index is 13.8. The van der Waals surface area contributed by atoms with Crippen LogP contribution in [0.3, 0.4) is 0 Å². The number of carbonyl (C=O) groups is 2. The fourth-order valence-corrected chi connectivity index (χ4v) is 8.56. The van der Waals surface area contributed by atoms with Gasteiger partial charge in [0.1, 0.15) is 11.5 Å². The summed E-state index contributed by atoms with van der Waals surface area (Å²) in [6, 6.07) is 14.1.